The first-order valence-corrected chi connectivity index (χ1v) is 8.28. The molecule has 0 radical (unpaired) electrons. The highest BCUT2D eigenvalue weighted by molar-refractivity contribution is 6.21. The number of benzene rings is 3. The lowest BCUT2D eigenvalue weighted by Gasteiger charge is -2.14. The second-order valence-corrected chi connectivity index (χ2v) is 5.79. The summed E-state index contributed by atoms with van der Waals surface area (Å²) < 4.78 is 0. The van der Waals surface area contributed by atoms with E-state index in [9.17, 15) is 9.59 Å². The summed E-state index contributed by atoms with van der Waals surface area (Å²) in [5.41, 5.74) is 3.18. The van der Waals surface area contributed by atoms with Crippen molar-refractivity contribution in [3.05, 3.63) is 119 Å². The average Bonchev–Trinajstić information content (AvgIpc) is 2.72. The predicted octanol–water partition coefficient (Wildman–Crippen LogP) is 5.43. The molecule has 0 saturated carbocycles. The molecule has 0 saturated heterocycles. The first kappa shape index (κ1) is 17.3. The fraction of sp³-hybridized carbons (Fsp3) is 0. The van der Waals surface area contributed by atoms with E-state index < -0.39 is 0 Å². The lowest BCUT2D eigenvalue weighted by molar-refractivity contribution is 0.100. The van der Waals surface area contributed by atoms with Crippen molar-refractivity contribution in [2.75, 3.05) is 0 Å². The summed E-state index contributed by atoms with van der Waals surface area (Å²) in [6.45, 7) is 7.64. The number of hydrogen-bond donors (Lipinski definition) is 0. The Bertz CT molecular complexity index is 983. The zero-order valence-corrected chi connectivity index (χ0v) is 14.3. The molecule has 0 fully saturated rings. The highest BCUT2D eigenvalue weighted by Crippen LogP contribution is 2.27. The van der Waals surface area contributed by atoms with Gasteiger partial charge in [-0.1, -0.05) is 92.0 Å². The van der Waals surface area contributed by atoms with Crippen molar-refractivity contribution in [3.63, 3.8) is 0 Å². The summed E-state index contributed by atoms with van der Waals surface area (Å²) in [7, 11) is 0. The maximum absolute atomic E-state index is 13.2. The number of ketones is 2. The lowest BCUT2D eigenvalue weighted by Crippen LogP contribution is -2.14. The smallest absolute Gasteiger partial charge is 0.194 e. The third kappa shape index (κ3) is 3.17. The molecule has 3 rings (SSSR count). The van der Waals surface area contributed by atoms with Gasteiger partial charge >= 0.3 is 0 Å². The molecule has 0 amide bonds. The molecule has 0 aliphatic rings. The molecular formula is C24H18O2. The van der Waals surface area contributed by atoms with E-state index in [1.807, 2.05) is 12.1 Å². The fourth-order valence-corrected chi connectivity index (χ4v) is 2.95. The van der Waals surface area contributed by atoms with Gasteiger partial charge in [0.15, 0.2) is 11.6 Å². The van der Waals surface area contributed by atoms with Crippen molar-refractivity contribution in [2.24, 2.45) is 0 Å². The van der Waals surface area contributed by atoms with Gasteiger partial charge in [-0.2, -0.15) is 0 Å². The second kappa shape index (κ2) is 7.58. The maximum atomic E-state index is 13.2. The van der Waals surface area contributed by atoms with Crippen LogP contribution < -0.4 is 0 Å². The topological polar surface area (TPSA) is 34.1 Å². The molecule has 0 N–H and O–H groups in total. The van der Waals surface area contributed by atoms with Gasteiger partial charge in [0, 0.05) is 22.3 Å². The predicted molar refractivity (Wildman–Crippen MR) is 106 cm³/mol. The van der Waals surface area contributed by atoms with Crippen molar-refractivity contribution in [3.8, 4) is 0 Å². The van der Waals surface area contributed by atoms with Crippen LogP contribution in [0.15, 0.2) is 86.0 Å². The summed E-state index contributed by atoms with van der Waals surface area (Å²) in [5.74, 6) is -0.396. The zero-order valence-electron chi connectivity index (χ0n) is 14.3. The number of hydrogen-bond acceptors (Lipinski definition) is 2. The lowest BCUT2D eigenvalue weighted by atomic mass is 9.87. The van der Waals surface area contributed by atoms with Gasteiger partial charge in [0.25, 0.3) is 0 Å². The van der Waals surface area contributed by atoms with Crippen LogP contribution in [0, 0.1) is 0 Å². The number of carbonyl (C=O) groups excluding carboxylic acids is 2. The average molecular weight is 338 g/mol. The van der Waals surface area contributed by atoms with E-state index in [0.29, 0.717) is 27.8 Å². The van der Waals surface area contributed by atoms with Gasteiger partial charge in [0.05, 0.1) is 0 Å². The first-order valence-electron chi connectivity index (χ1n) is 8.28. The van der Waals surface area contributed by atoms with Crippen LogP contribution in [-0.2, 0) is 0 Å². The Morgan fingerprint density at radius 3 is 1.69 bits per heavy atom. The van der Waals surface area contributed by atoms with Crippen LogP contribution in [0.25, 0.3) is 12.2 Å². The Morgan fingerprint density at radius 2 is 1.19 bits per heavy atom. The fourth-order valence-electron chi connectivity index (χ4n) is 2.95. The molecule has 126 valence electrons. The molecule has 0 atom stereocenters. The van der Waals surface area contributed by atoms with Crippen LogP contribution in [0.4, 0.5) is 0 Å². The van der Waals surface area contributed by atoms with Crippen LogP contribution >= 0.6 is 0 Å². The minimum Gasteiger partial charge on any atom is -0.289 e. The van der Waals surface area contributed by atoms with Gasteiger partial charge in [0.2, 0.25) is 0 Å². The molecule has 26 heavy (non-hydrogen) atoms. The molecule has 3 aromatic carbocycles. The van der Waals surface area contributed by atoms with Crippen molar-refractivity contribution in [1.82, 2.24) is 0 Å². The van der Waals surface area contributed by atoms with E-state index in [1.165, 1.54) is 0 Å². The molecule has 0 bridgehead atoms. The van der Waals surface area contributed by atoms with Crippen LogP contribution in [0.1, 0.15) is 43.0 Å². The minimum absolute atomic E-state index is 0.191. The van der Waals surface area contributed by atoms with Crippen molar-refractivity contribution >= 4 is 23.7 Å². The van der Waals surface area contributed by atoms with E-state index in [-0.39, 0.29) is 11.6 Å². The zero-order chi connectivity index (χ0) is 18.5. The minimum atomic E-state index is -0.205. The number of carbonyl (C=O) groups is 2. The van der Waals surface area contributed by atoms with Crippen LogP contribution in [-0.4, -0.2) is 11.6 Å². The Kier molecular flexibility index (Phi) is 5.04. The monoisotopic (exact) mass is 338 g/mol. The van der Waals surface area contributed by atoms with Gasteiger partial charge in [-0.15, -0.1) is 0 Å². The summed E-state index contributed by atoms with van der Waals surface area (Å²) >= 11 is 0. The van der Waals surface area contributed by atoms with E-state index in [4.69, 9.17) is 0 Å². The van der Waals surface area contributed by atoms with Crippen molar-refractivity contribution in [1.29, 1.82) is 0 Å². The molecule has 0 aliphatic heterocycles. The standard InChI is InChI=1S/C24H18O2/c1-3-17-15-16-21(23(25)18-11-7-5-8-12-18)22(20(17)4-2)24(26)19-13-9-6-10-14-19/h3-16H,1-2H2. The number of rotatable bonds is 6. The third-order valence-corrected chi connectivity index (χ3v) is 4.25. The second-order valence-electron chi connectivity index (χ2n) is 5.79. The van der Waals surface area contributed by atoms with Gasteiger partial charge in [0.1, 0.15) is 0 Å². The summed E-state index contributed by atoms with van der Waals surface area (Å²) in [5, 5.41) is 0. The largest absolute Gasteiger partial charge is 0.289 e. The molecule has 0 heterocycles. The Balaban J connectivity index is 2.25. The molecule has 0 spiro atoms. The van der Waals surface area contributed by atoms with Crippen LogP contribution in [0.3, 0.4) is 0 Å². The molecule has 2 nitrogen and oxygen atoms in total. The SMILES string of the molecule is C=Cc1ccc(C(=O)c2ccccc2)c(C(=O)c2ccccc2)c1C=C. The van der Waals surface area contributed by atoms with Crippen LogP contribution in [0.5, 0.6) is 0 Å². The molecule has 0 aliphatic carbocycles. The van der Waals surface area contributed by atoms with E-state index in [2.05, 4.69) is 13.2 Å². The van der Waals surface area contributed by atoms with E-state index in [1.54, 1.807) is 72.8 Å². The highest BCUT2D eigenvalue weighted by Gasteiger charge is 2.23. The summed E-state index contributed by atoms with van der Waals surface area (Å²) in [4.78, 5) is 26.3. The molecule has 0 unspecified atom stereocenters. The van der Waals surface area contributed by atoms with Gasteiger partial charge in [-0.05, 0) is 17.2 Å². The third-order valence-electron chi connectivity index (χ3n) is 4.25. The van der Waals surface area contributed by atoms with Gasteiger partial charge in [-0.3, -0.25) is 9.59 Å². The molecular weight excluding hydrogens is 320 g/mol. The van der Waals surface area contributed by atoms with Gasteiger partial charge < -0.3 is 0 Å². The van der Waals surface area contributed by atoms with Crippen LogP contribution in [0.2, 0.25) is 0 Å². The Hall–Kier alpha value is -3.52. The maximum Gasteiger partial charge on any atom is 0.194 e. The van der Waals surface area contributed by atoms with Crippen molar-refractivity contribution < 1.29 is 9.59 Å². The molecule has 3 aromatic rings. The Morgan fingerprint density at radius 1 is 0.654 bits per heavy atom. The quantitative estimate of drug-likeness (QED) is 0.561. The van der Waals surface area contributed by atoms with Gasteiger partial charge in [-0.25, -0.2) is 0 Å². The van der Waals surface area contributed by atoms with E-state index in [0.717, 1.165) is 5.56 Å². The summed E-state index contributed by atoms with van der Waals surface area (Å²) in [6, 6.07) is 21.4. The molecule has 0 aromatic heterocycles. The van der Waals surface area contributed by atoms with E-state index >= 15 is 0 Å². The summed E-state index contributed by atoms with van der Waals surface area (Å²) in [6.07, 6.45) is 3.27. The first-order chi connectivity index (χ1) is 12.7. The molecule has 2 heteroatoms. The Labute approximate surface area is 153 Å². The normalized spacial score (nSPS) is 10.2. The van der Waals surface area contributed by atoms with Crippen molar-refractivity contribution in [2.45, 2.75) is 0 Å². The highest BCUT2D eigenvalue weighted by atomic mass is 16.1.